The first-order chi connectivity index (χ1) is 8.35. The summed E-state index contributed by atoms with van der Waals surface area (Å²) in [5.41, 5.74) is 0.781. The summed E-state index contributed by atoms with van der Waals surface area (Å²) in [5, 5.41) is 3.13. The van der Waals surface area contributed by atoms with Gasteiger partial charge in [0.05, 0.1) is 0 Å². The van der Waals surface area contributed by atoms with E-state index in [2.05, 4.69) is 31.1 Å². The largest absolute Gasteiger partial charge is 0.357 e. The number of hydrogen-bond donors (Lipinski definition) is 1. The first-order valence-electron chi connectivity index (χ1n) is 6.40. The molecule has 1 aromatic heterocycles. The minimum atomic E-state index is -0.217. The van der Waals surface area contributed by atoms with Gasteiger partial charge in [-0.15, -0.1) is 0 Å². The van der Waals surface area contributed by atoms with Gasteiger partial charge < -0.3 is 10.2 Å². The molecule has 0 saturated heterocycles. The lowest BCUT2D eigenvalue weighted by Gasteiger charge is -2.28. The molecule has 1 rings (SSSR count). The van der Waals surface area contributed by atoms with Crippen molar-refractivity contribution in [3.63, 3.8) is 0 Å². The minimum Gasteiger partial charge on any atom is -0.357 e. The second kappa shape index (κ2) is 6.14. The molecule has 0 aliphatic rings. The average molecular weight is 253 g/mol. The van der Waals surface area contributed by atoms with Crippen LogP contribution in [0.15, 0.2) is 12.3 Å². The van der Waals surface area contributed by atoms with Crippen molar-refractivity contribution in [2.75, 3.05) is 25.0 Å². The zero-order valence-electron chi connectivity index (χ0n) is 12.0. The second-order valence-electron chi connectivity index (χ2n) is 5.80. The van der Waals surface area contributed by atoms with E-state index in [0.717, 1.165) is 13.1 Å². The molecular weight excluding hydrogens is 229 g/mol. The molecule has 4 heteroatoms. The van der Waals surface area contributed by atoms with Gasteiger partial charge in [0.15, 0.2) is 11.6 Å². The van der Waals surface area contributed by atoms with E-state index < -0.39 is 0 Å². The number of hydrogen-bond acceptors (Lipinski definition) is 3. The number of aromatic nitrogens is 1. The highest BCUT2D eigenvalue weighted by Gasteiger charge is 2.18. The fraction of sp³-hybridized carbons (Fsp3) is 0.643. The van der Waals surface area contributed by atoms with Crippen molar-refractivity contribution in [1.29, 1.82) is 0 Å². The smallest absolute Gasteiger partial charge is 0.170 e. The molecule has 1 N–H and O–H groups in total. The van der Waals surface area contributed by atoms with Crippen molar-refractivity contribution < 1.29 is 4.39 Å². The first-order valence-corrected chi connectivity index (χ1v) is 6.40. The van der Waals surface area contributed by atoms with E-state index in [1.54, 1.807) is 12.3 Å². The molecule has 0 unspecified atom stereocenters. The number of nitrogens with one attached hydrogen (secondary N) is 1. The van der Waals surface area contributed by atoms with Crippen LogP contribution in [0.5, 0.6) is 0 Å². The van der Waals surface area contributed by atoms with Crippen LogP contribution in [0, 0.1) is 11.2 Å². The monoisotopic (exact) mass is 253 g/mol. The van der Waals surface area contributed by atoms with Crippen LogP contribution in [0.1, 0.15) is 33.3 Å². The highest BCUT2D eigenvalue weighted by Crippen LogP contribution is 2.22. The number of pyridine rings is 1. The Morgan fingerprint density at radius 1 is 1.39 bits per heavy atom. The molecule has 0 aromatic carbocycles. The Morgan fingerprint density at radius 3 is 2.61 bits per heavy atom. The maximum Gasteiger partial charge on any atom is 0.170 e. The number of rotatable bonds is 5. The van der Waals surface area contributed by atoms with Gasteiger partial charge in [0, 0.05) is 31.9 Å². The van der Waals surface area contributed by atoms with E-state index in [-0.39, 0.29) is 11.2 Å². The minimum absolute atomic E-state index is 0.112. The van der Waals surface area contributed by atoms with Crippen molar-refractivity contribution in [2.24, 2.45) is 5.41 Å². The summed E-state index contributed by atoms with van der Waals surface area (Å²) in [5.74, 6) is 0.213. The van der Waals surface area contributed by atoms with E-state index in [1.807, 2.05) is 18.9 Å². The lowest BCUT2D eigenvalue weighted by molar-refractivity contribution is 0.415. The zero-order chi connectivity index (χ0) is 13.8. The molecule has 0 saturated carbocycles. The fourth-order valence-corrected chi connectivity index (χ4v) is 1.92. The Labute approximate surface area is 109 Å². The van der Waals surface area contributed by atoms with E-state index in [4.69, 9.17) is 0 Å². The summed E-state index contributed by atoms with van der Waals surface area (Å²) in [7, 11) is 1.88. The summed E-state index contributed by atoms with van der Waals surface area (Å²) in [6.45, 7) is 10.5. The lowest BCUT2D eigenvalue weighted by Crippen LogP contribution is -2.30. The van der Waals surface area contributed by atoms with Gasteiger partial charge >= 0.3 is 0 Å². The Morgan fingerprint density at radius 2 is 2.06 bits per heavy atom. The van der Waals surface area contributed by atoms with Gasteiger partial charge in [-0.2, -0.15) is 0 Å². The van der Waals surface area contributed by atoms with Crippen molar-refractivity contribution in [1.82, 2.24) is 10.3 Å². The average Bonchev–Trinajstić information content (AvgIpc) is 2.25. The van der Waals surface area contributed by atoms with Crippen LogP contribution in [0.2, 0.25) is 0 Å². The van der Waals surface area contributed by atoms with Crippen molar-refractivity contribution >= 4 is 5.82 Å². The highest BCUT2D eigenvalue weighted by atomic mass is 19.1. The third kappa shape index (κ3) is 4.26. The Bertz CT molecular complexity index is 385. The van der Waals surface area contributed by atoms with Crippen LogP contribution in [0.25, 0.3) is 0 Å². The maximum atomic E-state index is 14.3. The molecule has 1 heterocycles. The Kier molecular flexibility index (Phi) is 5.08. The predicted octanol–water partition coefficient (Wildman–Crippen LogP) is 2.81. The van der Waals surface area contributed by atoms with Crippen LogP contribution in [-0.4, -0.2) is 25.1 Å². The summed E-state index contributed by atoms with van der Waals surface area (Å²) in [6, 6.07) is 1.73. The molecule has 0 fully saturated rings. The summed E-state index contributed by atoms with van der Waals surface area (Å²) < 4.78 is 14.3. The van der Waals surface area contributed by atoms with E-state index >= 15 is 0 Å². The first kappa shape index (κ1) is 14.9. The second-order valence-corrected chi connectivity index (χ2v) is 5.80. The highest BCUT2D eigenvalue weighted by molar-refractivity contribution is 5.42. The molecule has 0 atom stereocenters. The summed E-state index contributed by atoms with van der Waals surface area (Å²) in [4.78, 5) is 6.03. The van der Waals surface area contributed by atoms with Gasteiger partial charge in [-0.05, 0) is 18.0 Å². The third-order valence-electron chi connectivity index (χ3n) is 2.59. The summed E-state index contributed by atoms with van der Waals surface area (Å²) >= 11 is 0. The molecule has 0 bridgehead atoms. The standard InChI is InChI=1S/C14H24FN3/c1-6-16-9-11-7-8-17-13(12(11)15)18(5)10-14(2,3)4/h7-8,16H,6,9-10H2,1-5H3. The van der Waals surface area contributed by atoms with E-state index in [1.165, 1.54) is 0 Å². The Balaban J connectivity index is 2.89. The lowest BCUT2D eigenvalue weighted by atomic mass is 9.96. The molecule has 0 aliphatic heterocycles. The molecule has 102 valence electrons. The quantitative estimate of drug-likeness (QED) is 0.874. The van der Waals surface area contributed by atoms with E-state index in [0.29, 0.717) is 17.9 Å². The van der Waals surface area contributed by atoms with Crippen LogP contribution in [0.4, 0.5) is 10.2 Å². The number of nitrogens with zero attached hydrogens (tertiary/aromatic N) is 2. The van der Waals surface area contributed by atoms with Crippen LogP contribution in [0.3, 0.4) is 0 Å². The molecular formula is C14H24FN3. The van der Waals surface area contributed by atoms with Crippen LogP contribution >= 0.6 is 0 Å². The summed E-state index contributed by atoms with van der Waals surface area (Å²) in [6.07, 6.45) is 1.67. The molecule has 0 amide bonds. The van der Waals surface area contributed by atoms with Gasteiger partial charge in [-0.1, -0.05) is 27.7 Å². The van der Waals surface area contributed by atoms with E-state index in [9.17, 15) is 4.39 Å². The normalized spacial score (nSPS) is 11.7. The fourth-order valence-electron chi connectivity index (χ4n) is 1.92. The number of halogens is 1. The van der Waals surface area contributed by atoms with Crippen molar-refractivity contribution in [3.8, 4) is 0 Å². The van der Waals surface area contributed by atoms with Gasteiger partial charge in [-0.25, -0.2) is 9.37 Å². The predicted molar refractivity (Wildman–Crippen MR) is 74.3 cm³/mol. The van der Waals surface area contributed by atoms with Gasteiger partial charge in [0.1, 0.15) is 0 Å². The van der Waals surface area contributed by atoms with Crippen molar-refractivity contribution in [2.45, 2.75) is 34.2 Å². The number of anilines is 1. The Hall–Kier alpha value is -1.16. The van der Waals surface area contributed by atoms with Gasteiger partial charge in [0.25, 0.3) is 0 Å². The van der Waals surface area contributed by atoms with Gasteiger partial charge in [-0.3, -0.25) is 0 Å². The van der Waals surface area contributed by atoms with Gasteiger partial charge in [0.2, 0.25) is 0 Å². The van der Waals surface area contributed by atoms with Crippen LogP contribution in [-0.2, 0) is 6.54 Å². The molecule has 0 spiro atoms. The zero-order valence-corrected chi connectivity index (χ0v) is 12.0. The van der Waals surface area contributed by atoms with Crippen LogP contribution < -0.4 is 10.2 Å². The molecule has 18 heavy (non-hydrogen) atoms. The molecule has 3 nitrogen and oxygen atoms in total. The molecule has 1 aromatic rings. The SMILES string of the molecule is CCNCc1ccnc(N(C)CC(C)(C)C)c1F. The van der Waals surface area contributed by atoms with Crippen molar-refractivity contribution in [3.05, 3.63) is 23.6 Å². The molecule has 0 radical (unpaired) electrons. The maximum absolute atomic E-state index is 14.3. The molecule has 0 aliphatic carbocycles. The third-order valence-corrected chi connectivity index (χ3v) is 2.59. The topological polar surface area (TPSA) is 28.2 Å².